The van der Waals surface area contributed by atoms with Gasteiger partial charge in [0, 0.05) is 5.92 Å². The van der Waals surface area contributed by atoms with Crippen LogP contribution in [0.4, 0.5) is 4.79 Å². The summed E-state index contributed by atoms with van der Waals surface area (Å²) in [5.41, 5.74) is 6.81. The summed E-state index contributed by atoms with van der Waals surface area (Å²) in [4.78, 5) is 24.1. The molecule has 0 fully saturated rings. The molecule has 1 amide bonds. The van der Waals surface area contributed by atoms with Crippen molar-refractivity contribution in [3.8, 4) is 11.1 Å². The third-order valence-corrected chi connectivity index (χ3v) is 6.09. The van der Waals surface area contributed by atoms with Crippen LogP contribution in [0.25, 0.3) is 11.1 Å². The number of rotatable bonds is 8. The smallest absolute Gasteiger partial charge is 0.407 e. The SMILES string of the molecule is CCc1ccc(CC[C@H](NC(=O)OCC2c3ccccc3-c3ccccc32)C(=O)O)cc1. The van der Waals surface area contributed by atoms with E-state index in [2.05, 4.69) is 24.4 Å². The van der Waals surface area contributed by atoms with Gasteiger partial charge in [-0.2, -0.15) is 0 Å². The molecular weight excluding hydrogens is 402 g/mol. The molecule has 1 aliphatic carbocycles. The number of fused-ring (bicyclic) bond motifs is 3. The molecule has 0 bridgehead atoms. The second-order valence-corrected chi connectivity index (χ2v) is 8.07. The van der Waals surface area contributed by atoms with E-state index in [0.717, 1.165) is 34.2 Å². The largest absolute Gasteiger partial charge is 0.480 e. The van der Waals surface area contributed by atoms with Gasteiger partial charge in [0.05, 0.1) is 0 Å². The lowest BCUT2D eigenvalue weighted by molar-refractivity contribution is -0.139. The highest BCUT2D eigenvalue weighted by molar-refractivity contribution is 5.81. The summed E-state index contributed by atoms with van der Waals surface area (Å²) >= 11 is 0. The van der Waals surface area contributed by atoms with Gasteiger partial charge in [0.15, 0.2) is 0 Å². The van der Waals surface area contributed by atoms with Crippen molar-refractivity contribution in [3.63, 3.8) is 0 Å². The van der Waals surface area contributed by atoms with Crippen LogP contribution in [-0.4, -0.2) is 29.8 Å². The Hall–Kier alpha value is -3.60. The van der Waals surface area contributed by atoms with E-state index >= 15 is 0 Å². The van der Waals surface area contributed by atoms with Crippen LogP contribution >= 0.6 is 0 Å². The van der Waals surface area contributed by atoms with Crippen LogP contribution in [0.5, 0.6) is 0 Å². The standard InChI is InChI=1S/C27H27NO4/c1-2-18-11-13-19(14-12-18)15-16-25(26(29)30)28-27(31)32-17-24-22-9-5-3-7-20(22)21-8-4-6-10-23(21)24/h3-14,24-25H,2,15-17H2,1H3,(H,28,31)(H,29,30)/t25-/m0/s1. The van der Waals surface area contributed by atoms with E-state index in [4.69, 9.17) is 4.74 Å². The zero-order valence-electron chi connectivity index (χ0n) is 18.1. The Kier molecular flexibility index (Phi) is 6.55. The summed E-state index contributed by atoms with van der Waals surface area (Å²) in [6.07, 6.45) is 1.11. The second-order valence-electron chi connectivity index (χ2n) is 8.07. The number of carbonyl (C=O) groups excluding carboxylic acids is 1. The summed E-state index contributed by atoms with van der Waals surface area (Å²) in [5.74, 6) is -1.13. The predicted molar refractivity (Wildman–Crippen MR) is 124 cm³/mol. The Morgan fingerprint density at radius 2 is 1.47 bits per heavy atom. The van der Waals surface area contributed by atoms with Crippen molar-refractivity contribution in [2.24, 2.45) is 0 Å². The number of amides is 1. The molecule has 2 N–H and O–H groups in total. The van der Waals surface area contributed by atoms with E-state index in [1.807, 2.05) is 60.7 Å². The van der Waals surface area contributed by atoms with Gasteiger partial charge in [0.2, 0.25) is 0 Å². The number of carboxylic acids is 1. The summed E-state index contributed by atoms with van der Waals surface area (Å²) in [6, 6.07) is 23.3. The average Bonchev–Trinajstić information content (AvgIpc) is 3.14. The highest BCUT2D eigenvalue weighted by Crippen LogP contribution is 2.44. The van der Waals surface area contributed by atoms with Gasteiger partial charge >= 0.3 is 12.1 Å². The van der Waals surface area contributed by atoms with Crippen molar-refractivity contribution in [1.82, 2.24) is 5.32 Å². The number of ether oxygens (including phenoxy) is 1. The molecule has 0 saturated carbocycles. The van der Waals surface area contributed by atoms with E-state index in [-0.39, 0.29) is 12.5 Å². The van der Waals surface area contributed by atoms with E-state index in [1.165, 1.54) is 5.56 Å². The number of aliphatic carboxylic acids is 1. The quantitative estimate of drug-likeness (QED) is 0.518. The molecule has 4 rings (SSSR count). The van der Waals surface area contributed by atoms with Crippen LogP contribution in [-0.2, 0) is 22.4 Å². The van der Waals surface area contributed by atoms with Crippen molar-refractivity contribution < 1.29 is 19.4 Å². The lowest BCUT2D eigenvalue weighted by Crippen LogP contribution is -2.41. The zero-order chi connectivity index (χ0) is 22.5. The van der Waals surface area contributed by atoms with Gasteiger partial charge in [-0.25, -0.2) is 9.59 Å². The Balaban J connectivity index is 1.36. The number of hydrogen-bond donors (Lipinski definition) is 2. The number of carboxylic acid groups (broad SMARTS) is 1. The Morgan fingerprint density at radius 3 is 2.03 bits per heavy atom. The third kappa shape index (κ3) is 4.67. The van der Waals surface area contributed by atoms with Crippen molar-refractivity contribution in [3.05, 3.63) is 95.1 Å². The van der Waals surface area contributed by atoms with Gasteiger partial charge in [-0.05, 0) is 52.6 Å². The molecule has 164 valence electrons. The maximum atomic E-state index is 12.4. The number of hydrogen-bond acceptors (Lipinski definition) is 3. The fourth-order valence-electron chi connectivity index (χ4n) is 4.29. The van der Waals surface area contributed by atoms with Crippen molar-refractivity contribution in [1.29, 1.82) is 0 Å². The molecule has 0 heterocycles. The summed E-state index contributed by atoms with van der Waals surface area (Å²) < 4.78 is 5.49. The normalized spacial score (nSPS) is 13.2. The number of nitrogens with one attached hydrogen (secondary N) is 1. The first-order chi connectivity index (χ1) is 15.6. The molecule has 0 aliphatic heterocycles. The Labute approximate surface area is 188 Å². The third-order valence-electron chi connectivity index (χ3n) is 6.09. The molecule has 0 spiro atoms. The predicted octanol–water partition coefficient (Wildman–Crippen LogP) is 5.17. The minimum Gasteiger partial charge on any atom is -0.480 e. The van der Waals surface area contributed by atoms with Gasteiger partial charge < -0.3 is 15.2 Å². The Bertz CT molecular complexity index is 1060. The van der Waals surface area contributed by atoms with E-state index < -0.39 is 18.1 Å². The number of alkyl carbamates (subject to hydrolysis) is 1. The molecule has 1 aliphatic rings. The van der Waals surface area contributed by atoms with Crippen molar-refractivity contribution in [2.75, 3.05) is 6.61 Å². The zero-order valence-corrected chi connectivity index (χ0v) is 18.1. The second kappa shape index (κ2) is 9.69. The maximum Gasteiger partial charge on any atom is 0.407 e. The minimum atomic E-state index is -1.07. The molecule has 32 heavy (non-hydrogen) atoms. The van der Waals surface area contributed by atoms with E-state index in [1.54, 1.807) is 0 Å². The summed E-state index contributed by atoms with van der Waals surface area (Å²) in [6.45, 7) is 2.25. The van der Waals surface area contributed by atoms with Gasteiger partial charge in [0.1, 0.15) is 12.6 Å². The molecule has 0 radical (unpaired) electrons. The number of carbonyl (C=O) groups is 2. The fraction of sp³-hybridized carbons (Fsp3) is 0.259. The van der Waals surface area contributed by atoms with Crippen LogP contribution < -0.4 is 5.32 Å². The molecule has 0 unspecified atom stereocenters. The number of benzene rings is 3. The van der Waals surface area contributed by atoms with Gasteiger partial charge in [0.25, 0.3) is 0 Å². The van der Waals surface area contributed by atoms with Gasteiger partial charge in [-0.3, -0.25) is 0 Å². The van der Waals surface area contributed by atoms with Gasteiger partial charge in [-0.1, -0.05) is 79.7 Å². The molecule has 5 nitrogen and oxygen atoms in total. The lowest BCUT2D eigenvalue weighted by atomic mass is 9.98. The minimum absolute atomic E-state index is 0.0616. The lowest BCUT2D eigenvalue weighted by Gasteiger charge is -2.17. The van der Waals surface area contributed by atoms with Crippen LogP contribution in [0.1, 0.15) is 41.5 Å². The van der Waals surface area contributed by atoms with E-state index in [9.17, 15) is 14.7 Å². The topological polar surface area (TPSA) is 75.6 Å². The maximum absolute atomic E-state index is 12.4. The summed E-state index contributed by atoms with van der Waals surface area (Å²) in [5, 5.41) is 12.1. The average molecular weight is 430 g/mol. The first-order valence-electron chi connectivity index (χ1n) is 11.0. The fourth-order valence-corrected chi connectivity index (χ4v) is 4.29. The van der Waals surface area contributed by atoms with Crippen molar-refractivity contribution in [2.45, 2.75) is 38.1 Å². The first kappa shape index (κ1) is 21.6. The molecule has 5 heteroatoms. The molecular formula is C27H27NO4. The monoisotopic (exact) mass is 429 g/mol. The van der Waals surface area contributed by atoms with Crippen LogP contribution in [0.15, 0.2) is 72.8 Å². The molecule has 3 aromatic rings. The molecule has 1 atom stereocenters. The number of aryl methyl sites for hydroxylation is 2. The summed E-state index contributed by atoms with van der Waals surface area (Å²) in [7, 11) is 0. The van der Waals surface area contributed by atoms with Gasteiger partial charge in [-0.15, -0.1) is 0 Å². The van der Waals surface area contributed by atoms with Crippen LogP contribution in [0.2, 0.25) is 0 Å². The molecule has 0 saturated heterocycles. The first-order valence-corrected chi connectivity index (χ1v) is 11.0. The highest BCUT2D eigenvalue weighted by atomic mass is 16.5. The Morgan fingerprint density at radius 1 is 0.906 bits per heavy atom. The molecule has 3 aromatic carbocycles. The van der Waals surface area contributed by atoms with E-state index in [0.29, 0.717) is 12.8 Å². The highest BCUT2D eigenvalue weighted by Gasteiger charge is 2.29. The van der Waals surface area contributed by atoms with Crippen molar-refractivity contribution >= 4 is 12.1 Å². The van der Waals surface area contributed by atoms with Crippen LogP contribution in [0.3, 0.4) is 0 Å². The molecule has 0 aromatic heterocycles. The van der Waals surface area contributed by atoms with Crippen LogP contribution in [0, 0.1) is 0 Å².